The normalized spacial score (nSPS) is 16.9. The summed E-state index contributed by atoms with van der Waals surface area (Å²) in [5, 5.41) is 9.40. The highest BCUT2D eigenvalue weighted by Crippen LogP contribution is 2.15. The summed E-state index contributed by atoms with van der Waals surface area (Å²) in [6, 6.07) is -0.224. The number of likely N-dealkylation sites (tertiary alicyclic amines) is 1. The largest absolute Gasteiger partial charge is 0.338 e. The lowest BCUT2D eigenvalue weighted by molar-refractivity contribution is 0.189. The van der Waals surface area contributed by atoms with Gasteiger partial charge in [0.25, 0.3) is 0 Å². The molecular formula is C14H26N6O. The molecule has 7 heteroatoms. The summed E-state index contributed by atoms with van der Waals surface area (Å²) in [7, 11) is 1.74. The molecule has 0 saturated carbocycles. The fourth-order valence-corrected chi connectivity index (χ4v) is 2.50. The van der Waals surface area contributed by atoms with Gasteiger partial charge in [-0.25, -0.2) is 9.48 Å². The van der Waals surface area contributed by atoms with Crippen LogP contribution in [0.3, 0.4) is 0 Å². The fourth-order valence-electron chi connectivity index (χ4n) is 2.50. The standard InChI is InChI=1S/C14H26N6O/c1-12-5-9-20(10-6-12)8-4-3-7-15-14(21)18-13-16-11-17-19(13)2/h11-12H,3-10H2,1-2H3,(H2,15,16,17,18,21). The molecule has 2 amide bonds. The number of anilines is 1. The molecule has 1 saturated heterocycles. The Morgan fingerprint density at radius 2 is 2.14 bits per heavy atom. The zero-order valence-corrected chi connectivity index (χ0v) is 13.0. The summed E-state index contributed by atoms with van der Waals surface area (Å²) in [6.07, 6.45) is 6.17. The van der Waals surface area contributed by atoms with Crippen LogP contribution in [0.15, 0.2) is 6.33 Å². The predicted molar refractivity (Wildman–Crippen MR) is 82.1 cm³/mol. The number of urea groups is 1. The first kappa shape index (κ1) is 15.8. The molecular weight excluding hydrogens is 268 g/mol. The Morgan fingerprint density at radius 3 is 2.81 bits per heavy atom. The van der Waals surface area contributed by atoms with Gasteiger partial charge >= 0.3 is 6.03 Å². The Labute approximate surface area is 126 Å². The van der Waals surface area contributed by atoms with Gasteiger partial charge in [-0.1, -0.05) is 6.92 Å². The SMILES string of the molecule is CC1CCN(CCCCNC(=O)Nc2ncnn2C)CC1. The van der Waals surface area contributed by atoms with Gasteiger partial charge in [0.15, 0.2) is 0 Å². The fraction of sp³-hybridized carbons (Fsp3) is 0.786. The van der Waals surface area contributed by atoms with Crippen LogP contribution in [0.4, 0.5) is 10.7 Å². The molecule has 0 aromatic carbocycles. The van der Waals surface area contributed by atoms with Crippen molar-refractivity contribution in [2.24, 2.45) is 13.0 Å². The molecule has 1 aromatic heterocycles. The molecule has 0 unspecified atom stereocenters. The summed E-state index contributed by atoms with van der Waals surface area (Å²) < 4.78 is 1.52. The van der Waals surface area contributed by atoms with E-state index in [1.54, 1.807) is 7.05 Å². The maximum absolute atomic E-state index is 11.6. The van der Waals surface area contributed by atoms with Gasteiger partial charge in [-0.15, -0.1) is 0 Å². The highest BCUT2D eigenvalue weighted by molar-refractivity contribution is 5.87. The molecule has 1 aromatic rings. The van der Waals surface area contributed by atoms with Gasteiger partial charge in [-0.05, 0) is 51.2 Å². The molecule has 0 atom stereocenters. The third kappa shape index (κ3) is 5.34. The van der Waals surface area contributed by atoms with Crippen molar-refractivity contribution in [1.29, 1.82) is 0 Å². The van der Waals surface area contributed by atoms with Gasteiger partial charge in [0, 0.05) is 13.6 Å². The Morgan fingerprint density at radius 1 is 1.38 bits per heavy atom. The van der Waals surface area contributed by atoms with Crippen LogP contribution in [0.1, 0.15) is 32.6 Å². The second-order valence-electron chi connectivity index (χ2n) is 5.82. The van der Waals surface area contributed by atoms with Crippen molar-refractivity contribution < 1.29 is 4.79 Å². The topological polar surface area (TPSA) is 75.1 Å². The summed E-state index contributed by atoms with van der Waals surface area (Å²) in [5.41, 5.74) is 0. The first-order chi connectivity index (χ1) is 10.1. The number of hydrogen-bond acceptors (Lipinski definition) is 4. The molecule has 1 fully saturated rings. The summed E-state index contributed by atoms with van der Waals surface area (Å²) >= 11 is 0. The van der Waals surface area contributed by atoms with Crippen molar-refractivity contribution in [3.8, 4) is 0 Å². The van der Waals surface area contributed by atoms with Gasteiger partial charge in [-0.2, -0.15) is 10.1 Å². The monoisotopic (exact) mass is 294 g/mol. The smallest absolute Gasteiger partial charge is 0.321 e. The molecule has 0 bridgehead atoms. The van der Waals surface area contributed by atoms with Gasteiger partial charge in [0.2, 0.25) is 5.95 Å². The lowest BCUT2D eigenvalue weighted by Gasteiger charge is -2.30. The zero-order valence-electron chi connectivity index (χ0n) is 13.0. The van der Waals surface area contributed by atoms with E-state index in [4.69, 9.17) is 0 Å². The van der Waals surface area contributed by atoms with Crippen LogP contribution < -0.4 is 10.6 Å². The third-order valence-corrected chi connectivity index (χ3v) is 4.00. The van der Waals surface area contributed by atoms with Crippen LogP contribution in [-0.4, -0.2) is 51.9 Å². The van der Waals surface area contributed by atoms with E-state index in [2.05, 4.69) is 32.5 Å². The summed E-state index contributed by atoms with van der Waals surface area (Å²) in [6.45, 7) is 6.60. The molecule has 0 spiro atoms. The lowest BCUT2D eigenvalue weighted by atomic mass is 9.99. The number of nitrogens with zero attached hydrogens (tertiary/aromatic N) is 4. The second kappa shape index (κ2) is 7.97. The van der Waals surface area contributed by atoms with Crippen LogP contribution in [0.5, 0.6) is 0 Å². The maximum atomic E-state index is 11.6. The predicted octanol–water partition coefficient (Wildman–Crippen LogP) is 1.45. The van der Waals surface area contributed by atoms with Crippen molar-refractivity contribution >= 4 is 12.0 Å². The molecule has 118 valence electrons. The van der Waals surface area contributed by atoms with E-state index in [-0.39, 0.29) is 6.03 Å². The van der Waals surface area contributed by atoms with Gasteiger partial charge < -0.3 is 10.2 Å². The van der Waals surface area contributed by atoms with E-state index in [1.165, 1.54) is 36.9 Å². The van der Waals surface area contributed by atoms with E-state index >= 15 is 0 Å². The highest BCUT2D eigenvalue weighted by atomic mass is 16.2. The molecule has 2 heterocycles. The van der Waals surface area contributed by atoms with Gasteiger partial charge in [0.1, 0.15) is 6.33 Å². The van der Waals surface area contributed by atoms with Crippen molar-refractivity contribution in [1.82, 2.24) is 25.0 Å². The minimum atomic E-state index is -0.224. The number of aryl methyl sites for hydroxylation is 1. The van der Waals surface area contributed by atoms with E-state index in [9.17, 15) is 4.79 Å². The number of amides is 2. The Kier molecular flexibility index (Phi) is 5.98. The van der Waals surface area contributed by atoms with Crippen molar-refractivity contribution in [3.05, 3.63) is 6.33 Å². The molecule has 7 nitrogen and oxygen atoms in total. The Bertz CT molecular complexity index is 438. The molecule has 1 aliphatic heterocycles. The first-order valence-corrected chi connectivity index (χ1v) is 7.76. The van der Waals surface area contributed by atoms with Crippen LogP contribution in [0.25, 0.3) is 0 Å². The number of aromatic nitrogens is 3. The van der Waals surface area contributed by atoms with Gasteiger partial charge in [0.05, 0.1) is 0 Å². The number of unbranched alkanes of at least 4 members (excludes halogenated alkanes) is 1. The minimum Gasteiger partial charge on any atom is -0.338 e. The molecule has 2 rings (SSSR count). The average molecular weight is 294 g/mol. The van der Waals surface area contributed by atoms with E-state index in [1.807, 2.05) is 0 Å². The number of nitrogens with one attached hydrogen (secondary N) is 2. The summed E-state index contributed by atoms with van der Waals surface area (Å²) in [5.74, 6) is 1.34. The van der Waals surface area contributed by atoms with Crippen LogP contribution in [0.2, 0.25) is 0 Å². The van der Waals surface area contributed by atoms with Crippen molar-refractivity contribution in [2.75, 3.05) is 31.5 Å². The summed E-state index contributed by atoms with van der Waals surface area (Å²) in [4.78, 5) is 18.1. The number of carbonyl (C=O) groups excluding carboxylic acids is 1. The lowest BCUT2D eigenvalue weighted by Crippen LogP contribution is -2.34. The highest BCUT2D eigenvalue weighted by Gasteiger charge is 2.14. The van der Waals surface area contributed by atoms with Crippen LogP contribution in [-0.2, 0) is 7.05 Å². The number of rotatable bonds is 6. The van der Waals surface area contributed by atoms with Crippen LogP contribution >= 0.6 is 0 Å². The third-order valence-electron chi connectivity index (χ3n) is 4.00. The van der Waals surface area contributed by atoms with E-state index in [0.29, 0.717) is 12.5 Å². The van der Waals surface area contributed by atoms with E-state index < -0.39 is 0 Å². The molecule has 21 heavy (non-hydrogen) atoms. The quantitative estimate of drug-likeness (QED) is 0.779. The molecule has 1 aliphatic rings. The number of piperidine rings is 1. The first-order valence-electron chi connectivity index (χ1n) is 7.76. The maximum Gasteiger partial charge on any atom is 0.321 e. The van der Waals surface area contributed by atoms with Crippen LogP contribution in [0, 0.1) is 5.92 Å². The zero-order chi connectivity index (χ0) is 15.1. The number of carbonyl (C=O) groups is 1. The Hall–Kier alpha value is -1.63. The van der Waals surface area contributed by atoms with E-state index in [0.717, 1.165) is 25.3 Å². The van der Waals surface area contributed by atoms with Gasteiger partial charge in [-0.3, -0.25) is 5.32 Å². The molecule has 2 N–H and O–H groups in total. The van der Waals surface area contributed by atoms with Crippen molar-refractivity contribution in [2.45, 2.75) is 32.6 Å². The van der Waals surface area contributed by atoms with Crippen molar-refractivity contribution in [3.63, 3.8) is 0 Å². The number of hydrogen-bond donors (Lipinski definition) is 2. The molecule has 0 radical (unpaired) electrons. The Balaban J connectivity index is 1.51. The molecule has 0 aliphatic carbocycles. The minimum absolute atomic E-state index is 0.224. The second-order valence-corrected chi connectivity index (χ2v) is 5.82. The average Bonchev–Trinajstić information content (AvgIpc) is 2.86.